The Bertz CT molecular complexity index is 295. The van der Waals surface area contributed by atoms with E-state index in [2.05, 4.69) is 10.3 Å². The normalized spacial score (nSPS) is 12.9. The van der Waals surface area contributed by atoms with Gasteiger partial charge in [0.05, 0.1) is 0 Å². The van der Waals surface area contributed by atoms with Crippen molar-refractivity contribution in [2.75, 3.05) is 12.4 Å². The van der Waals surface area contributed by atoms with Gasteiger partial charge in [-0.05, 0) is 12.1 Å². The Morgan fingerprint density at radius 1 is 1.12 bits per heavy atom. The minimum absolute atomic E-state index is 0.0833. The van der Waals surface area contributed by atoms with Crippen LogP contribution in [0.1, 0.15) is 46.0 Å². The maximum absolute atomic E-state index is 10.7. The van der Waals surface area contributed by atoms with Crippen molar-refractivity contribution in [2.24, 2.45) is 0 Å². The van der Waals surface area contributed by atoms with E-state index in [1.54, 1.807) is 25.4 Å². The summed E-state index contributed by atoms with van der Waals surface area (Å²) in [7, 11) is 1.71. The molecule has 0 atom stereocenters. The van der Waals surface area contributed by atoms with Gasteiger partial charge in [-0.15, -0.1) is 0 Å². The summed E-state index contributed by atoms with van der Waals surface area (Å²) in [6.07, 6.45) is 9.10. The Balaban J connectivity index is 0.000000272. The molecule has 0 unspecified atom stereocenters. The van der Waals surface area contributed by atoms with Gasteiger partial charge in [-0.25, -0.2) is 0 Å². The first kappa shape index (κ1) is 14.8. The molecule has 0 bridgehead atoms. The van der Waals surface area contributed by atoms with Crippen LogP contribution in [0.15, 0.2) is 23.1 Å². The number of aromatic amines is 1. The second-order valence-electron chi connectivity index (χ2n) is 3.43. The fourth-order valence-electron chi connectivity index (χ4n) is 1.50. The number of aromatic nitrogens is 1. The van der Waals surface area contributed by atoms with Crippen LogP contribution in [0.5, 0.6) is 0 Å². The SMILES string of the molecule is C1CCCC1.CC.CNc1ccc[nH]c1=O. The second-order valence-corrected chi connectivity index (χ2v) is 3.43. The van der Waals surface area contributed by atoms with E-state index < -0.39 is 0 Å². The Morgan fingerprint density at radius 3 is 1.94 bits per heavy atom. The Labute approximate surface area is 98.3 Å². The summed E-state index contributed by atoms with van der Waals surface area (Å²) in [5.41, 5.74) is 0.512. The van der Waals surface area contributed by atoms with Crippen molar-refractivity contribution >= 4 is 5.69 Å². The second kappa shape index (κ2) is 10.3. The number of pyridine rings is 1. The molecule has 1 aliphatic carbocycles. The zero-order valence-electron chi connectivity index (χ0n) is 10.7. The van der Waals surface area contributed by atoms with Crippen molar-refractivity contribution < 1.29 is 0 Å². The van der Waals surface area contributed by atoms with Crippen LogP contribution in [-0.2, 0) is 0 Å². The minimum atomic E-state index is -0.0833. The van der Waals surface area contributed by atoms with Crippen LogP contribution in [0.2, 0.25) is 0 Å². The highest BCUT2D eigenvalue weighted by Gasteiger charge is 1.95. The predicted octanol–water partition coefficient (Wildman–Crippen LogP) is 3.39. The van der Waals surface area contributed by atoms with Crippen LogP contribution < -0.4 is 10.9 Å². The van der Waals surface area contributed by atoms with Crippen LogP contribution in [-0.4, -0.2) is 12.0 Å². The van der Waals surface area contributed by atoms with Crippen molar-refractivity contribution in [3.8, 4) is 0 Å². The van der Waals surface area contributed by atoms with Crippen molar-refractivity contribution in [1.29, 1.82) is 0 Å². The molecular formula is C13H24N2O. The van der Waals surface area contributed by atoms with E-state index in [9.17, 15) is 4.79 Å². The zero-order chi connectivity index (χ0) is 12.2. The molecule has 1 aromatic rings. The van der Waals surface area contributed by atoms with Gasteiger partial charge in [0.25, 0.3) is 5.56 Å². The van der Waals surface area contributed by atoms with Gasteiger partial charge in [0.2, 0.25) is 0 Å². The van der Waals surface area contributed by atoms with E-state index in [0.29, 0.717) is 5.69 Å². The van der Waals surface area contributed by atoms with Gasteiger partial charge in [0.1, 0.15) is 5.69 Å². The number of H-pyrrole nitrogens is 1. The molecular weight excluding hydrogens is 200 g/mol. The molecule has 16 heavy (non-hydrogen) atoms. The lowest BCUT2D eigenvalue weighted by Gasteiger charge is -1.93. The molecule has 0 aliphatic heterocycles. The highest BCUT2D eigenvalue weighted by atomic mass is 16.1. The van der Waals surface area contributed by atoms with E-state index in [4.69, 9.17) is 0 Å². The average molecular weight is 224 g/mol. The average Bonchev–Trinajstić information content (AvgIpc) is 2.91. The molecule has 1 fully saturated rings. The fraction of sp³-hybridized carbons (Fsp3) is 0.615. The number of hydrogen-bond acceptors (Lipinski definition) is 2. The Hall–Kier alpha value is -1.25. The molecule has 2 N–H and O–H groups in total. The van der Waals surface area contributed by atoms with Crippen LogP contribution in [0.3, 0.4) is 0 Å². The topological polar surface area (TPSA) is 44.9 Å². The van der Waals surface area contributed by atoms with Crippen molar-refractivity contribution in [2.45, 2.75) is 46.0 Å². The first-order valence-corrected chi connectivity index (χ1v) is 6.20. The van der Waals surface area contributed by atoms with Crippen molar-refractivity contribution in [3.63, 3.8) is 0 Å². The van der Waals surface area contributed by atoms with Gasteiger partial charge < -0.3 is 10.3 Å². The van der Waals surface area contributed by atoms with E-state index in [1.165, 1.54) is 32.1 Å². The lowest BCUT2D eigenvalue weighted by atomic mass is 10.4. The summed E-state index contributed by atoms with van der Waals surface area (Å²) in [6, 6.07) is 3.49. The molecule has 1 aliphatic rings. The van der Waals surface area contributed by atoms with E-state index in [-0.39, 0.29) is 5.56 Å². The lowest BCUT2D eigenvalue weighted by Crippen LogP contribution is -2.09. The largest absolute Gasteiger partial charge is 0.384 e. The first-order chi connectivity index (χ1) is 7.84. The highest BCUT2D eigenvalue weighted by Crippen LogP contribution is 2.15. The summed E-state index contributed by atoms with van der Waals surface area (Å²) in [5, 5.41) is 2.75. The highest BCUT2D eigenvalue weighted by molar-refractivity contribution is 5.38. The Morgan fingerprint density at radius 2 is 1.62 bits per heavy atom. The van der Waals surface area contributed by atoms with Crippen LogP contribution in [0.25, 0.3) is 0 Å². The third-order valence-electron chi connectivity index (χ3n) is 2.34. The van der Waals surface area contributed by atoms with Gasteiger partial charge >= 0.3 is 0 Å². The Kier molecular flexibility index (Phi) is 9.47. The number of nitrogens with one attached hydrogen (secondary N) is 2. The standard InChI is InChI=1S/C6H8N2O.C5H10.C2H6/c1-7-5-3-2-4-8-6(5)9;1-2-4-5-3-1;1-2/h2-4,7H,1H3,(H,8,9);1-5H2;1-2H3. The van der Waals surface area contributed by atoms with Crippen LogP contribution in [0.4, 0.5) is 5.69 Å². The zero-order valence-corrected chi connectivity index (χ0v) is 10.7. The molecule has 1 heterocycles. The molecule has 0 aromatic carbocycles. The number of anilines is 1. The van der Waals surface area contributed by atoms with E-state index in [1.807, 2.05) is 13.8 Å². The molecule has 0 saturated heterocycles. The summed E-state index contributed by atoms with van der Waals surface area (Å²) in [5.74, 6) is 0. The summed E-state index contributed by atoms with van der Waals surface area (Å²) in [4.78, 5) is 13.3. The van der Waals surface area contributed by atoms with E-state index >= 15 is 0 Å². The molecule has 1 saturated carbocycles. The maximum Gasteiger partial charge on any atom is 0.271 e. The molecule has 0 amide bonds. The van der Waals surface area contributed by atoms with Gasteiger partial charge in [-0.2, -0.15) is 0 Å². The molecule has 2 rings (SSSR count). The minimum Gasteiger partial charge on any atom is -0.384 e. The molecule has 3 nitrogen and oxygen atoms in total. The lowest BCUT2D eigenvalue weighted by molar-refractivity contribution is 0.886. The summed E-state index contributed by atoms with van der Waals surface area (Å²) < 4.78 is 0. The third-order valence-corrected chi connectivity index (χ3v) is 2.34. The fourth-order valence-corrected chi connectivity index (χ4v) is 1.50. The smallest absolute Gasteiger partial charge is 0.271 e. The summed E-state index contributed by atoms with van der Waals surface area (Å²) >= 11 is 0. The molecule has 0 radical (unpaired) electrons. The third kappa shape index (κ3) is 6.27. The quantitative estimate of drug-likeness (QED) is 0.768. The number of rotatable bonds is 1. The molecule has 92 valence electrons. The van der Waals surface area contributed by atoms with Gasteiger partial charge in [-0.3, -0.25) is 4.79 Å². The molecule has 0 spiro atoms. The molecule has 3 heteroatoms. The molecule has 1 aromatic heterocycles. The monoisotopic (exact) mass is 224 g/mol. The van der Waals surface area contributed by atoms with Crippen LogP contribution in [0, 0.1) is 0 Å². The maximum atomic E-state index is 10.7. The summed E-state index contributed by atoms with van der Waals surface area (Å²) in [6.45, 7) is 4.00. The van der Waals surface area contributed by atoms with Crippen LogP contribution >= 0.6 is 0 Å². The predicted molar refractivity (Wildman–Crippen MR) is 71.0 cm³/mol. The van der Waals surface area contributed by atoms with Crippen molar-refractivity contribution in [1.82, 2.24) is 4.98 Å². The number of hydrogen-bond donors (Lipinski definition) is 2. The van der Waals surface area contributed by atoms with Crippen molar-refractivity contribution in [3.05, 3.63) is 28.7 Å². The van der Waals surface area contributed by atoms with E-state index in [0.717, 1.165) is 0 Å². The van der Waals surface area contributed by atoms with Gasteiger partial charge in [0.15, 0.2) is 0 Å². The van der Waals surface area contributed by atoms with Gasteiger partial charge in [-0.1, -0.05) is 46.0 Å². The van der Waals surface area contributed by atoms with Gasteiger partial charge in [0, 0.05) is 13.2 Å². The first-order valence-electron chi connectivity index (χ1n) is 6.20.